The van der Waals surface area contributed by atoms with Gasteiger partial charge in [0.2, 0.25) is 5.91 Å². The van der Waals surface area contributed by atoms with Gasteiger partial charge in [0.05, 0.1) is 30.6 Å². The maximum absolute atomic E-state index is 12.3. The summed E-state index contributed by atoms with van der Waals surface area (Å²) in [5, 5.41) is 11.8. The van der Waals surface area contributed by atoms with Crippen LogP contribution in [0.1, 0.15) is 35.9 Å². The molecule has 1 amide bonds. The highest BCUT2D eigenvalue weighted by atomic mass is 32.2. The minimum Gasteiger partial charge on any atom is -0.462 e. The summed E-state index contributed by atoms with van der Waals surface area (Å²) < 4.78 is 12.6. The van der Waals surface area contributed by atoms with E-state index in [1.165, 1.54) is 11.8 Å². The van der Waals surface area contributed by atoms with Gasteiger partial charge in [0.25, 0.3) is 0 Å². The van der Waals surface area contributed by atoms with Gasteiger partial charge in [-0.2, -0.15) is 0 Å². The summed E-state index contributed by atoms with van der Waals surface area (Å²) in [6.07, 6.45) is 2.29. The molecule has 28 heavy (non-hydrogen) atoms. The molecule has 1 aliphatic heterocycles. The molecule has 0 bridgehead atoms. The Morgan fingerprint density at radius 1 is 1.32 bits per heavy atom. The number of nitrogens with one attached hydrogen (secondary N) is 1. The Balaban J connectivity index is 1.52. The van der Waals surface area contributed by atoms with Crippen molar-refractivity contribution in [3.8, 4) is 0 Å². The minimum absolute atomic E-state index is 0.154. The average Bonchev–Trinajstić information content (AvgIpc) is 3.32. The van der Waals surface area contributed by atoms with Crippen LogP contribution in [0, 0.1) is 6.92 Å². The number of amides is 1. The Bertz CT molecular complexity index is 816. The monoisotopic (exact) mass is 404 g/mol. The number of ether oxygens (including phenoxy) is 2. The molecule has 8 nitrogen and oxygen atoms in total. The Morgan fingerprint density at radius 3 is 2.79 bits per heavy atom. The summed E-state index contributed by atoms with van der Waals surface area (Å²) in [6.45, 7) is 5.49. The van der Waals surface area contributed by atoms with Crippen LogP contribution in [0.25, 0.3) is 0 Å². The zero-order valence-corrected chi connectivity index (χ0v) is 16.8. The van der Waals surface area contributed by atoms with Crippen molar-refractivity contribution in [2.45, 2.75) is 44.5 Å². The van der Waals surface area contributed by atoms with Crippen molar-refractivity contribution in [3.63, 3.8) is 0 Å². The number of aryl methyl sites for hydroxylation is 1. The normalized spacial score (nSPS) is 16.1. The number of carbonyl (C=O) groups excluding carboxylic acids is 2. The molecule has 0 saturated carbocycles. The van der Waals surface area contributed by atoms with Gasteiger partial charge in [-0.05, 0) is 51.0 Å². The molecular formula is C19H24N4O4S. The highest BCUT2D eigenvalue weighted by molar-refractivity contribution is 7.99. The molecule has 2 heterocycles. The molecular weight excluding hydrogens is 380 g/mol. The van der Waals surface area contributed by atoms with Crippen molar-refractivity contribution in [2.24, 2.45) is 0 Å². The number of hydrogen-bond acceptors (Lipinski definition) is 7. The first kappa shape index (κ1) is 20.3. The number of esters is 1. The van der Waals surface area contributed by atoms with Gasteiger partial charge in [-0.25, -0.2) is 4.79 Å². The van der Waals surface area contributed by atoms with Crippen LogP contribution in [-0.4, -0.2) is 51.7 Å². The summed E-state index contributed by atoms with van der Waals surface area (Å²) in [5.41, 5.74) is 1.07. The number of hydrogen-bond donors (Lipinski definition) is 1. The molecule has 2 aromatic rings. The van der Waals surface area contributed by atoms with Crippen LogP contribution in [0.15, 0.2) is 29.4 Å². The number of anilines is 1. The SMILES string of the molecule is CCOC(=O)c1ccc(NC(=O)CSc2nnc(C)n2C[C@H]2CCCO2)cc1. The third-order valence-corrected chi connectivity index (χ3v) is 5.29. The Morgan fingerprint density at radius 2 is 2.11 bits per heavy atom. The third-order valence-electron chi connectivity index (χ3n) is 4.32. The van der Waals surface area contributed by atoms with Crippen LogP contribution in [0.4, 0.5) is 5.69 Å². The molecule has 1 N–H and O–H groups in total. The number of benzene rings is 1. The summed E-state index contributed by atoms with van der Waals surface area (Å²) >= 11 is 1.34. The lowest BCUT2D eigenvalue weighted by Gasteiger charge is -2.13. The number of thioether (sulfide) groups is 1. The van der Waals surface area contributed by atoms with Crippen LogP contribution < -0.4 is 5.32 Å². The zero-order chi connectivity index (χ0) is 19.9. The van der Waals surface area contributed by atoms with Gasteiger partial charge in [-0.3, -0.25) is 4.79 Å². The van der Waals surface area contributed by atoms with E-state index in [0.717, 1.165) is 25.3 Å². The second-order valence-corrected chi connectivity index (χ2v) is 7.35. The van der Waals surface area contributed by atoms with E-state index in [1.54, 1.807) is 31.2 Å². The molecule has 1 atom stereocenters. The number of rotatable bonds is 8. The number of carbonyl (C=O) groups is 2. The topological polar surface area (TPSA) is 95.3 Å². The highest BCUT2D eigenvalue weighted by Gasteiger charge is 2.20. The van der Waals surface area contributed by atoms with Gasteiger partial charge in [-0.15, -0.1) is 10.2 Å². The second-order valence-electron chi connectivity index (χ2n) is 6.41. The number of aromatic nitrogens is 3. The van der Waals surface area contributed by atoms with E-state index in [2.05, 4.69) is 15.5 Å². The Hall–Kier alpha value is -2.39. The van der Waals surface area contributed by atoms with Gasteiger partial charge < -0.3 is 19.4 Å². The van der Waals surface area contributed by atoms with Crippen LogP contribution >= 0.6 is 11.8 Å². The van der Waals surface area contributed by atoms with Gasteiger partial charge in [0.15, 0.2) is 5.16 Å². The third kappa shape index (κ3) is 5.32. The summed E-state index contributed by atoms with van der Waals surface area (Å²) in [6, 6.07) is 6.61. The number of nitrogens with zero attached hydrogens (tertiary/aromatic N) is 3. The average molecular weight is 404 g/mol. The van der Waals surface area contributed by atoms with Gasteiger partial charge in [0, 0.05) is 12.3 Å². The van der Waals surface area contributed by atoms with Crippen molar-refractivity contribution < 1.29 is 19.1 Å². The predicted molar refractivity (Wildman–Crippen MR) is 105 cm³/mol. The lowest BCUT2D eigenvalue weighted by molar-refractivity contribution is -0.113. The van der Waals surface area contributed by atoms with Gasteiger partial charge in [-0.1, -0.05) is 11.8 Å². The molecule has 1 aromatic heterocycles. The molecule has 1 saturated heterocycles. The van der Waals surface area contributed by atoms with E-state index in [-0.39, 0.29) is 23.7 Å². The first-order chi connectivity index (χ1) is 13.6. The lowest BCUT2D eigenvalue weighted by atomic mass is 10.2. The predicted octanol–water partition coefficient (Wildman–Crippen LogP) is 2.67. The first-order valence-electron chi connectivity index (χ1n) is 9.28. The Kier molecular flexibility index (Phi) is 7.05. The quantitative estimate of drug-likeness (QED) is 0.534. The molecule has 150 valence electrons. The largest absolute Gasteiger partial charge is 0.462 e. The van der Waals surface area contributed by atoms with E-state index in [4.69, 9.17) is 9.47 Å². The van der Waals surface area contributed by atoms with Crippen molar-refractivity contribution in [2.75, 3.05) is 24.3 Å². The molecule has 9 heteroatoms. The second kappa shape index (κ2) is 9.70. The smallest absolute Gasteiger partial charge is 0.338 e. The minimum atomic E-state index is -0.378. The van der Waals surface area contributed by atoms with Crippen molar-refractivity contribution in [1.82, 2.24) is 14.8 Å². The fraction of sp³-hybridized carbons (Fsp3) is 0.474. The molecule has 3 rings (SSSR count). The Labute approximate surface area is 168 Å². The van der Waals surface area contributed by atoms with Crippen LogP contribution in [0.5, 0.6) is 0 Å². The fourth-order valence-corrected chi connectivity index (χ4v) is 3.70. The lowest BCUT2D eigenvalue weighted by Crippen LogP contribution is -2.18. The fourth-order valence-electron chi connectivity index (χ4n) is 2.90. The maximum Gasteiger partial charge on any atom is 0.338 e. The van der Waals surface area contributed by atoms with E-state index in [0.29, 0.717) is 29.6 Å². The summed E-state index contributed by atoms with van der Waals surface area (Å²) in [7, 11) is 0. The molecule has 0 radical (unpaired) electrons. The van der Waals surface area contributed by atoms with Crippen LogP contribution in [-0.2, 0) is 20.8 Å². The summed E-state index contributed by atoms with van der Waals surface area (Å²) in [5.74, 6) is 0.492. The molecule has 1 aliphatic rings. The molecule has 0 unspecified atom stereocenters. The summed E-state index contributed by atoms with van der Waals surface area (Å²) in [4.78, 5) is 23.9. The van der Waals surface area contributed by atoms with E-state index in [1.807, 2.05) is 11.5 Å². The molecule has 1 fully saturated rings. The highest BCUT2D eigenvalue weighted by Crippen LogP contribution is 2.21. The first-order valence-corrected chi connectivity index (χ1v) is 10.3. The van der Waals surface area contributed by atoms with Crippen LogP contribution in [0.2, 0.25) is 0 Å². The molecule has 0 spiro atoms. The van der Waals surface area contributed by atoms with Gasteiger partial charge >= 0.3 is 5.97 Å². The van der Waals surface area contributed by atoms with Crippen LogP contribution in [0.3, 0.4) is 0 Å². The van der Waals surface area contributed by atoms with E-state index >= 15 is 0 Å². The van der Waals surface area contributed by atoms with Crippen molar-refractivity contribution in [3.05, 3.63) is 35.7 Å². The van der Waals surface area contributed by atoms with E-state index < -0.39 is 0 Å². The zero-order valence-electron chi connectivity index (χ0n) is 16.0. The van der Waals surface area contributed by atoms with Gasteiger partial charge in [0.1, 0.15) is 5.82 Å². The molecule has 0 aliphatic carbocycles. The van der Waals surface area contributed by atoms with Crippen molar-refractivity contribution >= 4 is 29.3 Å². The van der Waals surface area contributed by atoms with E-state index in [9.17, 15) is 9.59 Å². The van der Waals surface area contributed by atoms with Crippen molar-refractivity contribution in [1.29, 1.82) is 0 Å². The standard InChI is InChI=1S/C19H24N4O4S/c1-3-26-18(25)14-6-8-15(9-7-14)20-17(24)12-28-19-22-21-13(2)23(19)11-16-5-4-10-27-16/h6-9,16H,3-5,10-12H2,1-2H3,(H,20,24)/t16-/m1/s1. The molecule has 1 aromatic carbocycles. The maximum atomic E-state index is 12.3.